The minimum absolute atomic E-state index is 0.663. The number of hydrogen-bond acceptors (Lipinski definition) is 0. The van der Waals surface area contributed by atoms with E-state index in [9.17, 15) is 0 Å². The lowest BCUT2D eigenvalue weighted by molar-refractivity contribution is -0.121. The van der Waals surface area contributed by atoms with E-state index in [2.05, 4.69) is 41.5 Å². The van der Waals surface area contributed by atoms with Gasteiger partial charge in [0.1, 0.15) is 0 Å². The highest BCUT2D eigenvalue weighted by atomic mass is 14.6. The highest BCUT2D eigenvalue weighted by molar-refractivity contribution is 5.09. The molecule has 0 aromatic rings. The van der Waals surface area contributed by atoms with Gasteiger partial charge >= 0.3 is 0 Å². The van der Waals surface area contributed by atoms with Crippen LogP contribution in [0.15, 0.2) is 0 Å². The quantitative estimate of drug-likeness (QED) is 0.241. The Hall–Kier alpha value is 0. The highest BCUT2D eigenvalue weighted by Gasteiger charge is 2.60. The Labute approximate surface area is 221 Å². The van der Waals surface area contributed by atoms with Crippen LogP contribution >= 0.6 is 0 Å². The maximum absolute atomic E-state index is 2.79. The summed E-state index contributed by atoms with van der Waals surface area (Å²) in [7, 11) is 0. The molecule has 0 aromatic carbocycles. The minimum atomic E-state index is 0.663. The second-order valence-electron chi connectivity index (χ2n) is 15.4. The first-order chi connectivity index (χ1) is 16.8. The molecule has 0 heteroatoms. The van der Waals surface area contributed by atoms with Crippen LogP contribution in [0.3, 0.4) is 0 Å². The molecule has 204 valence electrons. The normalized spacial score (nSPS) is 41.9. The third-order valence-electron chi connectivity index (χ3n) is 12.9. The smallest absolute Gasteiger partial charge is 0.0264 e. The van der Waals surface area contributed by atoms with Gasteiger partial charge in [0.2, 0.25) is 0 Å². The molecule has 0 spiro atoms. The van der Waals surface area contributed by atoms with E-state index in [-0.39, 0.29) is 0 Å². The Bertz CT molecular complexity index is 634. The Morgan fingerprint density at radius 1 is 0.686 bits per heavy atom. The molecule has 0 aliphatic heterocycles. The third kappa shape index (κ3) is 6.03. The van der Waals surface area contributed by atoms with Gasteiger partial charge in [-0.2, -0.15) is 0 Å². The van der Waals surface area contributed by atoms with E-state index in [1.54, 1.807) is 64.2 Å². The van der Waals surface area contributed by atoms with Crippen LogP contribution < -0.4 is 0 Å². The number of unbranched alkanes of at least 4 members (excludes halogenated alkanes) is 5. The summed E-state index contributed by atoms with van der Waals surface area (Å²) in [4.78, 5) is 0. The van der Waals surface area contributed by atoms with Crippen molar-refractivity contribution in [3.05, 3.63) is 0 Å². The van der Waals surface area contributed by atoms with Gasteiger partial charge in [-0.15, -0.1) is 0 Å². The molecule has 0 bridgehead atoms. The molecule has 0 radical (unpaired) electrons. The van der Waals surface area contributed by atoms with E-state index in [1.165, 1.54) is 57.8 Å². The third-order valence-corrected chi connectivity index (χ3v) is 12.9. The molecule has 5 unspecified atom stereocenters. The summed E-state index contributed by atoms with van der Waals surface area (Å²) >= 11 is 0. The molecule has 0 saturated heterocycles. The largest absolute Gasteiger partial charge is 0.0654 e. The molecule has 4 saturated carbocycles. The van der Waals surface area contributed by atoms with E-state index >= 15 is 0 Å². The fraction of sp³-hybridized carbons (Fsp3) is 1.00. The van der Waals surface area contributed by atoms with Gasteiger partial charge in [-0.1, -0.05) is 106 Å². The molecule has 35 heavy (non-hydrogen) atoms. The van der Waals surface area contributed by atoms with Crippen molar-refractivity contribution in [3.63, 3.8) is 0 Å². The summed E-state index contributed by atoms with van der Waals surface area (Å²) in [6.07, 6.45) is 28.9. The SMILES string of the molecule is CCCCCCCCC1CC[C@@]2(C)C(CCC3C2CC[C@@]2(C)C3CC[C@@H]2[C@H](C)CCCC(C)C)C1. The van der Waals surface area contributed by atoms with Crippen LogP contribution in [-0.2, 0) is 0 Å². The zero-order valence-electron chi connectivity index (χ0n) is 25.1. The van der Waals surface area contributed by atoms with Gasteiger partial charge in [-0.25, -0.2) is 0 Å². The lowest BCUT2D eigenvalue weighted by Gasteiger charge is -2.61. The van der Waals surface area contributed by atoms with Crippen LogP contribution in [0.4, 0.5) is 0 Å². The first-order valence-corrected chi connectivity index (χ1v) is 16.8. The summed E-state index contributed by atoms with van der Waals surface area (Å²) in [5.74, 6) is 8.14. The van der Waals surface area contributed by atoms with Crippen LogP contribution in [0, 0.1) is 58.2 Å². The average molecular weight is 485 g/mol. The zero-order valence-corrected chi connectivity index (χ0v) is 25.1. The van der Waals surface area contributed by atoms with Crippen molar-refractivity contribution in [2.75, 3.05) is 0 Å². The molecule has 0 N–H and O–H groups in total. The summed E-state index contributed by atoms with van der Waals surface area (Å²) in [5, 5.41) is 0. The lowest BCUT2D eigenvalue weighted by Crippen LogP contribution is -2.53. The standard InChI is InChI=1S/C35H64/c1-7-8-9-10-11-12-16-28-21-23-34(5)29(25-28)17-18-30-32-20-19-31(27(4)15-13-14-26(2)3)35(32,6)24-22-33(30)34/h26-33H,7-25H2,1-6H3/t27-,28?,29?,30?,31-,32?,33?,34+,35-/m1/s1. The monoisotopic (exact) mass is 485 g/mol. The molecule has 0 amide bonds. The first kappa shape index (κ1) is 28.0. The van der Waals surface area contributed by atoms with Gasteiger partial charge in [0.05, 0.1) is 0 Å². The van der Waals surface area contributed by atoms with Crippen LogP contribution in [0.5, 0.6) is 0 Å². The van der Waals surface area contributed by atoms with Crippen molar-refractivity contribution in [1.82, 2.24) is 0 Å². The van der Waals surface area contributed by atoms with Crippen molar-refractivity contribution in [2.45, 2.75) is 164 Å². The molecular weight excluding hydrogens is 420 g/mol. The summed E-state index contributed by atoms with van der Waals surface area (Å²) in [6.45, 7) is 15.3. The molecule has 0 aromatic heterocycles. The Balaban J connectivity index is 1.31. The maximum Gasteiger partial charge on any atom is -0.0264 e. The van der Waals surface area contributed by atoms with Crippen molar-refractivity contribution >= 4 is 0 Å². The number of fused-ring (bicyclic) bond motifs is 5. The lowest BCUT2D eigenvalue weighted by atomic mass is 9.44. The van der Waals surface area contributed by atoms with Crippen LogP contribution in [0.25, 0.3) is 0 Å². The fourth-order valence-corrected chi connectivity index (χ4v) is 10.8. The summed E-state index contributed by atoms with van der Waals surface area (Å²) in [5.41, 5.74) is 1.35. The molecule has 0 nitrogen and oxygen atoms in total. The van der Waals surface area contributed by atoms with Crippen LogP contribution in [0.2, 0.25) is 0 Å². The van der Waals surface area contributed by atoms with Crippen molar-refractivity contribution in [1.29, 1.82) is 0 Å². The molecule has 4 aliphatic carbocycles. The van der Waals surface area contributed by atoms with Crippen LogP contribution in [-0.4, -0.2) is 0 Å². The van der Waals surface area contributed by atoms with Gasteiger partial charge in [0, 0.05) is 0 Å². The van der Waals surface area contributed by atoms with Gasteiger partial charge in [0.25, 0.3) is 0 Å². The maximum atomic E-state index is 2.79. The van der Waals surface area contributed by atoms with E-state index in [0.717, 1.165) is 47.3 Å². The average Bonchev–Trinajstić information content (AvgIpc) is 3.18. The van der Waals surface area contributed by atoms with E-state index in [1.807, 2.05) is 0 Å². The molecule has 0 heterocycles. The van der Waals surface area contributed by atoms with Gasteiger partial charge in [-0.3, -0.25) is 0 Å². The molecule has 4 rings (SSSR count). The minimum Gasteiger partial charge on any atom is -0.0654 e. The van der Waals surface area contributed by atoms with E-state index in [4.69, 9.17) is 0 Å². The van der Waals surface area contributed by atoms with Gasteiger partial charge < -0.3 is 0 Å². The topological polar surface area (TPSA) is 0 Å². The number of hydrogen-bond donors (Lipinski definition) is 0. The molecule has 9 atom stereocenters. The molecular formula is C35H64. The highest BCUT2D eigenvalue weighted by Crippen LogP contribution is 2.68. The van der Waals surface area contributed by atoms with Crippen molar-refractivity contribution in [2.24, 2.45) is 58.2 Å². The fourth-order valence-electron chi connectivity index (χ4n) is 10.8. The Kier molecular flexibility index (Phi) is 9.80. The molecule has 4 fully saturated rings. The second kappa shape index (κ2) is 12.2. The summed E-state index contributed by atoms with van der Waals surface area (Å²) in [6, 6.07) is 0. The summed E-state index contributed by atoms with van der Waals surface area (Å²) < 4.78 is 0. The van der Waals surface area contributed by atoms with E-state index in [0.29, 0.717) is 10.8 Å². The first-order valence-electron chi connectivity index (χ1n) is 16.8. The van der Waals surface area contributed by atoms with Crippen LogP contribution in [0.1, 0.15) is 164 Å². The van der Waals surface area contributed by atoms with E-state index < -0.39 is 0 Å². The second-order valence-corrected chi connectivity index (χ2v) is 15.4. The Morgan fingerprint density at radius 3 is 2.17 bits per heavy atom. The predicted octanol–water partition coefficient (Wildman–Crippen LogP) is 11.5. The zero-order chi connectivity index (χ0) is 25.1. The number of rotatable bonds is 12. The van der Waals surface area contributed by atoms with Gasteiger partial charge in [0.15, 0.2) is 0 Å². The molecule has 4 aliphatic rings. The van der Waals surface area contributed by atoms with Gasteiger partial charge in [-0.05, 0) is 116 Å². The van der Waals surface area contributed by atoms with Crippen molar-refractivity contribution < 1.29 is 0 Å². The Morgan fingerprint density at radius 2 is 1.40 bits per heavy atom. The van der Waals surface area contributed by atoms with Crippen molar-refractivity contribution in [3.8, 4) is 0 Å². The predicted molar refractivity (Wildman–Crippen MR) is 155 cm³/mol.